The third kappa shape index (κ3) is 1.81. The molecular weight excluding hydrogens is 241 g/mol. The maximum Gasteiger partial charge on any atom is 0.0522 e. The minimum absolute atomic E-state index is 0.904. The van der Waals surface area contributed by atoms with E-state index in [2.05, 4.69) is 33.0 Å². The van der Waals surface area contributed by atoms with E-state index in [1.807, 2.05) is 12.1 Å². The fourth-order valence-corrected chi connectivity index (χ4v) is 1.06. The van der Waals surface area contributed by atoms with Crippen LogP contribution in [0.4, 0.5) is 5.69 Å². The molecule has 0 atom stereocenters. The number of anilines is 1. The molecule has 1 aromatic rings. The van der Waals surface area contributed by atoms with Crippen LogP contribution in [0.5, 0.6) is 0 Å². The molecule has 3 N–H and O–H groups in total. The highest BCUT2D eigenvalue weighted by Gasteiger charge is 1.91. The van der Waals surface area contributed by atoms with Crippen molar-refractivity contribution >= 4 is 28.3 Å². The third-order valence-electron chi connectivity index (χ3n) is 1.12. The van der Waals surface area contributed by atoms with Gasteiger partial charge in [0, 0.05) is 10.6 Å². The standard InChI is InChI=1S/C6H8IN3/c7-4-6-3-5(10-8)1-2-9-6/h1-3H,4,8H2,(H,9,10). The second-order valence-corrected chi connectivity index (χ2v) is 2.58. The molecule has 1 aromatic heterocycles. The topological polar surface area (TPSA) is 50.9 Å². The van der Waals surface area contributed by atoms with Crippen molar-refractivity contribution in [3.63, 3.8) is 0 Å². The quantitative estimate of drug-likeness (QED) is 0.359. The molecule has 0 unspecified atom stereocenters. The van der Waals surface area contributed by atoms with Crippen molar-refractivity contribution in [2.75, 3.05) is 5.43 Å². The van der Waals surface area contributed by atoms with E-state index in [1.165, 1.54) is 0 Å². The van der Waals surface area contributed by atoms with Crippen LogP contribution in [0.25, 0.3) is 0 Å². The van der Waals surface area contributed by atoms with Crippen LogP contribution in [-0.4, -0.2) is 4.98 Å². The Morgan fingerprint density at radius 2 is 2.50 bits per heavy atom. The van der Waals surface area contributed by atoms with E-state index >= 15 is 0 Å². The number of rotatable bonds is 2. The molecule has 0 saturated heterocycles. The third-order valence-corrected chi connectivity index (χ3v) is 1.90. The number of hydrazine groups is 1. The Morgan fingerprint density at radius 3 is 3.10 bits per heavy atom. The number of halogens is 1. The number of pyridine rings is 1. The highest BCUT2D eigenvalue weighted by Crippen LogP contribution is 2.08. The number of hydrogen-bond acceptors (Lipinski definition) is 3. The Hall–Kier alpha value is -0.360. The van der Waals surface area contributed by atoms with Crippen LogP contribution < -0.4 is 11.3 Å². The molecule has 54 valence electrons. The van der Waals surface area contributed by atoms with Crippen molar-refractivity contribution in [1.82, 2.24) is 4.98 Å². The number of hydrogen-bond donors (Lipinski definition) is 2. The molecule has 0 radical (unpaired) electrons. The van der Waals surface area contributed by atoms with E-state index in [9.17, 15) is 0 Å². The molecule has 0 aliphatic carbocycles. The summed E-state index contributed by atoms with van der Waals surface area (Å²) in [7, 11) is 0. The van der Waals surface area contributed by atoms with Gasteiger partial charge in [-0.05, 0) is 12.1 Å². The Morgan fingerprint density at radius 1 is 1.70 bits per heavy atom. The lowest BCUT2D eigenvalue weighted by Gasteiger charge is -1.99. The van der Waals surface area contributed by atoms with Crippen LogP contribution in [0.15, 0.2) is 18.3 Å². The van der Waals surface area contributed by atoms with Crippen molar-refractivity contribution in [2.45, 2.75) is 4.43 Å². The van der Waals surface area contributed by atoms with Crippen molar-refractivity contribution in [3.05, 3.63) is 24.0 Å². The van der Waals surface area contributed by atoms with Crippen LogP contribution >= 0.6 is 22.6 Å². The minimum Gasteiger partial charge on any atom is -0.324 e. The second kappa shape index (κ2) is 3.72. The van der Waals surface area contributed by atoms with Crippen LogP contribution in [0.2, 0.25) is 0 Å². The molecule has 1 rings (SSSR count). The first-order chi connectivity index (χ1) is 4.86. The van der Waals surface area contributed by atoms with Gasteiger partial charge in [-0.15, -0.1) is 0 Å². The molecule has 0 amide bonds. The van der Waals surface area contributed by atoms with Gasteiger partial charge in [-0.25, -0.2) is 0 Å². The molecule has 0 aliphatic heterocycles. The molecule has 0 bridgehead atoms. The molecule has 4 heteroatoms. The maximum atomic E-state index is 5.19. The summed E-state index contributed by atoms with van der Waals surface area (Å²) in [5, 5.41) is 0. The van der Waals surface area contributed by atoms with Gasteiger partial charge in [0.2, 0.25) is 0 Å². The van der Waals surface area contributed by atoms with E-state index in [4.69, 9.17) is 5.84 Å². The van der Waals surface area contributed by atoms with E-state index < -0.39 is 0 Å². The molecule has 0 saturated carbocycles. The lowest BCUT2D eigenvalue weighted by Crippen LogP contribution is -2.06. The summed E-state index contributed by atoms with van der Waals surface area (Å²) in [5.41, 5.74) is 4.50. The summed E-state index contributed by atoms with van der Waals surface area (Å²) in [5.74, 6) is 5.19. The summed E-state index contributed by atoms with van der Waals surface area (Å²) in [6.07, 6.45) is 1.74. The van der Waals surface area contributed by atoms with Crippen molar-refractivity contribution < 1.29 is 0 Å². The fraction of sp³-hybridized carbons (Fsp3) is 0.167. The highest BCUT2D eigenvalue weighted by molar-refractivity contribution is 14.1. The number of nitrogens with zero attached hydrogens (tertiary/aromatic N) is 1. The smallest absolute Gasteiger partial charge is 0.0522 e. The summed E-state index contributed by atoms with van der Waals surface area (Å²) < 4.78 is 0.910. The Balaban J connectivity index is 2.87. The van der Waals surface area contributed by atoms with Crippen LogP contribution in [0, 0.1) is 0 Å². The zero-order chi connectivity index (χ0) is 7.40. The number of alkyl halides is 1. The van der Waals surface area contributed by atoms with Gasteiger partial charge in [0.15, 0.2) is 0 Å². The molecular formula is C6H8IN3. The van der Waals surface area contributed by atoms with Gasteiger partial charge in [0.1, 0.15) is 0 Å². The van der Waals surface area contributed by atoms with E-state index in [1.54, 1.807) is 6.20 Å². The molecule has 1 heterocycles. The number of nitrogens with one attached hydrogen (secondary N) is 1. The normalized spacial score (nSPS) is 9.40. The van der Waals surface area contributed by atoms with Crippen molar-refractivity contribution in [2.24, 2.45) is 5.84 Å². The second-order valence-electron chi connectivity index (χ2n) is 1.81. The minimum atomic E-state index is 0.904. The van der Waals surface area contributed by atoms with Crippen molar-refractivity contribution in [3.8, 4) is 0 Å². The summed E-state index contributed by atoms with van der Waals surface area (Å²) in [6, 6.07) is 3.75. The fourth-order valence-electron chi connectivity index (χ4n) is 0.641. The Labute approximate surface area is 73.1 Å². The molecule has 0 fully saturated rings. The van der Waals surface area contributed by atoms with Crippen LogP contribution in [-0.2, 0) is 4.43 Å². The monoisotopic (exact) mass is 249 g/mol. The average Bonchev–Trinajstić information content (AvgIpc) is 2.05. The molecule has 10 heavy (non-hydrogen) atoms. The van der Waals surface area contributed by atoms with Crippen LogP contribution in [0.3, 0.4) is 0 Å². The van der Waals surface area contributed by atoms with Gasteiger partial charge >= 0.3 is 0 Å². The maximum absolute atomic E-state index is 5.19. The Kier molecular flexibility index (Phi) is 2.88. The first-order valence-electron chi connectivity index (χ1n) is 2.84. The van der Waals surface area contributed by atoms with Gasteiger partial charge in [-0.3, -0.25) is 10.8 Å². The molecule has 0 aromatic carbocycles. The molecule has 0 aliphatic rings. The first-order valence-corrected chi connectivity index (χ1v) is 4.37. The molecule has 0 spiro atoms. The summed E-state index contributed by atoms with van der Waals surface area (Å²) in [4.78, 5) is 4.10. The van der Waals surface area contributed by atoms with Gasteiger partial charge < -0.3 is 5.43 Å². The summed E-state index contributed by atoms with van der Waals surface area (Å²) >= 11 is 2.26. The zero-order valence-corrected chi connectivity index (χ0v) is 7.50. The lowest BCUT2D eigenvalue weighted by atomic mass is 10.3. The van der Waals surface area contributed by atoms with E-state index in [0.717, 1.165) is 15.8 Å². The van der Waals surface area contributed by atoms with E-state index in [-0.39, 0.29) is 0 Å². The summed E-state index contributed by atoms with van der Waals surface area (Å²) in [6.45, 7) is 0. The van der Waals surface area contributed by atoms with Crippen molar-refractivity contribution in [1.29, 1.82) is 0 Å². The van der Waals surface area contributed by atoms with Gasteiger partial charge in [0.05, 0.1) is 11.4 Å². The van der Waals surface area contributed by atoms with Gasteiger partial charge in [0.25, 0.3) is 0 Å². The van der Waals surface area contributed by atoms with Gasteiger partial charge in [-0.1, -0.05) is 22.6 Å². The lowest BCUT2D eigenvalue weighted by molar-refractivity contribution is 1.18. The highest BCUT2D eigenvalue weighted by atomic mass is 127. The predicted octanol–water partition coefficient (Wildman–Crippen LogP) is 1.30. The average molecular weight is 249 g/mol. The number of nitrogens with two attached hydrogens (primary N) is 1. The number of aromatic nitrogens is 1. The first kappa shape index (κ1) is 7.74. The predicted molar refractivity (Wildman–Crippen MR) is 49.8 cm³/mol. The van der Waals surface area contributed by atoms with Crippen LogP contribution in [0.1, 0.15) is 5.69 Å². The largest absolute Gasteiger partial charge is 0.324 e. The SMILES string of the molecule is NNc1ccnc(CI)c1. The molecule has 3 nitrogen and oxygen atoms in total. The van der Waals surface area contributed by atoms with E-state index in [0.29, 0.717) is 0 Å². The number of nitrogen functional groups attached to an aromatic ring is 1. The Bertz CT molecular complexity index is 195. The van der Waals surface area contributed by atoms with Gasteiger partial charge in [-0.2, -0.15) is 0 Å². The zero-order valence-electron chi connectivity index (χ0n) is 5.34.